The van der Waals surface area contributed by atoms with Crippen LogP contribution in [0.1, 0.15) is 18.9 Å². The molecule has 102 valence electrons. The van der Waals surface area contributed by atoms with E-state index in [4.69, 9.17) is 5.11 Å². The van der Waals surface area contributed by atoms with Gasteiger partial charge in [-0.1, -0.05) is 13.0 Å². The van der Waals surface area contributed by atoms with Crippen molar-refractivity contribution >= 4 is 17.7 Å². The molecule has 0 aliphatic rings. The molecule has 3 nitrogen and oxygen atoms in total. The summed E-state index contributed by atoms with van der Waals surface area (Å²) >= 11 is 0. The zero-order valence-corrected chi connectivity index (χ0v) is 11.0. The van der Waals surface area contributed by atoms with Crippen LogP contribution in [0.25, 0.3) is 6.08 Å². The highest BCUT2D eigenvalue weighted by molar-refractivity contribution is 5.85. The molecule has 1 aromatic rings. The average Bonchev–Trinajstić information content (AvgIpc) is 2.35. The number of benzene rings is 1. The van der Waals surface area contributed by atoms with E-state index in [0.29, 0.717) is 12.1 Å². The maximum Gasteiger partial charge on any atom is 0.328 e. The summed E-state index contributed by atoms with van der Waals surface area (Å²) in [6, 6.07) is 4.51. The zero-order chi connectivity index (χ0) is 14.3. The fourth-order valence-electron chi connectivity index (χ4n) is 1.79. The predicted octanol–water partition coefficient (Wildman–Crippen LogP) is 3.33. The van der Waals surface area contributed by atoms with Crippen LogP contribution in [0, 0.1) is 5.82 Å². The van der Waals surface area contributed by atoms with Crippen LogP contribution < -0.4 is 4.90 Å². The smallest absolute Gasteiger partial charge is 0.328 e. The highest BCUT2D eigenvalue weighted by atomic mass is 19.1. The Labute approximate surface area is 112 Å². The van der Waals surface area contributed by atoms with Crippen LogP contribution >= 0.6 is 0 Å². The molecule has 1 rings (SSSR count). The molecule has 4 heteroatoms. The molecule has 0 spiro atoms. The van der Waals surface area contributed by atoms with E-state index in [1.807, 2.05) is 11.8 Å². The highest BCUT2D eigenvalue weighted by Crippen LogP contribution is 2.20. The van der Waals surface area contributed by atoms with Gasteiger partial charge in [-0.3, -0.25) is 0 Å². The number of hydrogen-bond donors (Lipinski definition) is 1. The first-order valence-electron chi connectivity index (χ1n) is 6.14. The SMILES string of the molecule is C=CCN(CCC)c1cc(F)cc(/C=C/C(=O)O)c1. The zero-order valence-electron chi connectivity index (χ0n) is 11.0. The Kier molecular flexibility index (Phi) is 5.79. The summed E-state index contributed by atoms with van der Waals surface area (Å²) in [7, 11) is 0. The summed E-state index contributed by atoms with van der Waals surface area (Å²) in [4.78, 5) is 12.5. The van der Waals surface area contributed by atoms with Crippen LogP contribution in [-0.4, -0.2) is 24.2 Å². The van der Waals surface area contributed by atoms with Gasteiger partial charge in [0.1, 0.15) is 5.82 Å². The van der Waals surface area contributed by atoms with Crippen molar-refractivity contribution in [2.24, 2.45) is 0 Å². The Balaban J connectivity index is 3.05. The van der Waals surface area contributed by atoms with E-state index in [-0.39, 0.29) is 5.82 Å². The summed E-state index contributed by atoms with van der Waals surface area (Å²) in [5.41, 5.74) is 1.26. The molecular weight excluding hydrogens is 245 g/mol. The highest BCUT2D eigenvalue weighted by Gasteiger charge is 2.06. The van der Waals surface area contributed by atoms with Crippen LogP contribution in [0.4, 0.5) is 10.1 Å². The first kappa shape index (κ1) is 15.0. The Morgan fingerprint density at radius 3 is 2.79 bits per heavy atom. The summed E-state index contributed by atoms with van der Waals surface area (Å²) in [6.45, 7) is 7.14. The second-order valence-corrected chi connectivity index (χ2v) is 4.15. The van der Waals surface area contributed by atoms with Gasteiger partial charge in [-0.2, -0.15) is 0 Å². The number of rotatable bonds is 7. The van der Waals surface area contributed by atoms with Gasteiger partial charge in [-0.05, 0) is 36.3 Å². The van der Waals surface area contributed by atoms with Gasteiger partial charge >= 0.3 is 5.97 Å². The van der Waals surface area contributed by atoms with E-state index in [0.717, 1.165) is 24.7 Å². The van der Waals surface area contributed by atoms with Gasteiger partial charge in [0.2, 0.25) is 0 Å². The quantitative estimate of drug-likeness (QED) is 0.606. The number of nitrogens with zero attached hydrogens (tertiary/aromatic N) is 1. The third kappa shape index (κ3) is 4.95. The standard InChI is InChI=1S/C15H18FNO2/c1-3-7-17(8-4-2)14-10-12(5-6-15(18)19)9-13(16)11-14/h3,5-6,9-11H,1,4,7-8H2,2H3,(H,18,19)/b6-5+. The first-order chi connectivity index (χ1) is 9.06. The van der Waals surface area contributed by atoms with Gasteiger partial charge in [-0.25, -0.2) is 9.18 Å². The maximum absolute atomic E-state index is 13.6. The lowest BCUT2D eigenvalue weighted by Crippen LogP contribution is -2.24. The Bertz CT molecular complexity index is 483. The van der Waals surface area contributed by atoms with E-state index in [1.54, 1.807) is 12.1 Å². The maximum atomic E-state index is 13.6. The molecule has 0 amide bonds. The lowest BCUT2D eigenvalue weighted by Gasteiger charge is -2.23. The van der Waals surface area contributed by atoms with Gasteiger partial charge in [0.25, 0.3) is 0 Å². The summed E-state index contributed by atoms with van der Waals surface area (Å²) in [5, 5.41) is 8.59. The molecule has 0 fully saturated rings. The van der Waals surface area contributed by atoms with Gasteiger partial charge in [0.15, 0.2) is 0 Å². The summed E-state index contributed by atoms with van der Waals surface area (Å²) in [5.74, 6) is -1.44. The molecule has 0 heterocycles. The number of halogens is 1. The summed E-state index contributed by atoms with van der Waals surface area (Å²) < 4.78 is 13.6. The molecule has 0 saturated heterocycles. The largest absolute Gasteiger partial charge is 0.478 e. The van der Waals surface area contributed by atoms with Crippen molar-refractivity contribution < 1.29 is 14.3 Å². The average molecular weight is 263 g/mol. The van der Waals surface area contributed by atoms with Crippen molar-refractivity contribution in [3.8, 4) is 0 Å². The van der Waals surface area contributed by atoms with E-state index in [2.05, 4.69) is 6.58 Å². The molecule has 0 aromatic heterocycles. The van der Waals surface area contributed by atoms with Crippen molar-refractivity contribution in [1.82, 2.24) is 0 Å². The number of carbonyl (C=O) groups is 1. The number of hydrogen-bond acceptors (Lipinski definition) is 2. The van der Waals surface area contributed by atoms with Crippen LogP contribution in [-0.2, 0) is 4.79 Å². The molecule has 0 aliphatic carbocycles. The molecule has 19 heavy (non-hydrogen) atoms. The van der Waals surface area contributed by atoms with Crippen molar-refractivity contribution in [3.05, 3.63) is 48.3 Å². The molecule has 1 aromatic carbocycles. The Morgan fingerprint density at radius 1 is 1.47 bits per heavy atom. The summed E-state index contributed by atoms with van der Waals surface area (Å²) in [6.07, 6.45) is 5.07. The van der Waals surface area contributed by atoms with Crippen LogP contribution in [0.5, 0.6) is 0 Å². The second kappa shape index (κ2) is 7.36. The van der Waals surface area contributed by atoms with Crippen molar-refractivity contribution in [3.63, 3.8) is 0 Å². The van der Waals surface area contributed by atoms with Crippen molar-refractivity contribution in [1.29, 1.82) is 0 Å². The molecular formula is C15H18FNO2. The lowest BCUT2D eigenvalue weighted by atomic mass is 10.1. The minimum Gasteiger partial charge on any atom is -0.478 e. The minimum atomic E-state index is -1.05. The lowest BCUT2D eigenvalue weighted by molar-refractivity contribution is -0.131. The fourth-order valence-corrected chi connectivity index (χ4v) is 1.79. The molecule has 0 radical (unpaired) electrons. The topological polar surface area (TPSA) is 40.5 Å². The first-order valence-corrected chi connectivity index (χ1v) is 6.14. The number of carboxylic acids is 1. The van der Waals surface area contributed by atoms with Crippen molar-refractivity contribution in [2.75, 3.05) is 18.0 Å². The Hall–Kier alpha value is -2.10. The second-order valence-electron chi connectivity index (χ2n) is 4.15. The monoisotopic (exact) mass is 263 g/mol. The van der Waals surface area contributed by atoms with Crippen LogP contribution in [0.3, 0.4) is 0 Å². The molecule has 0 atom stereocenters. The Morgan fingerprint density at radius 2 is 2.21 bits per heavy atom. The molecule has 1 N–H and O–H groups in total. The third-order valence-electron chi connectivity index (χ3n) is 2.53. The number of aliphatic carboxylic acids is 1. The normalized spacial score (nSPS) is 10.6. The van der Waals surface area contributed by atoms with E-state index in [9.17, 15) is 9.18 Å². The third-order valence-corrected chi connectivity index (χ3v) is 2.53. The van der Waals surface area contributed by atoms with E-state index in [1.165, 1.54) is 18.2 Å². The van der Waals surface area contributed by atoms with Gasteiger partial charge in [-0.15, -0.1) is 6.58 Å². The molecule has 0 bridgehead atoms. The minimum absolute atomic E-state index is 0.382. The molecule has 0 aliphatic heterocycles. The van der Waals surface area contributed by atoms with Gasteiger partial charge < -0.3 is 10.0 Å². The number of carboxylic acid groups (broad SMARTS) is 1. The number of anilines is 1. The van der Waals surface area contributed by atoms with E-state index >= 15 is 0 Å². The molecule has 0 unspecified atom stereocenters. The van der Waals surface area contributed by atoms with Crippen LogP contribution in [0.15, 0.2) is 36.9 Å². The fraction of sp³-hybridized carbons (Fsp3) is 0.267. The van der Waals surface area contributed by atoms with E-state index < -0.39 is 5.97 Å². The van der Waals surface area contributed by atoms with Crippen molar-refractivity contribution in [2.45, 2.75) is 13.3 Å². The predicted molar refractivity (Wildman–Crippen MR) is 75.8 cm³/mol. The van der Waals surface area contributed by atoms with Crippen LogP contribution in [0.2, 0.25) is 0 Å². The molecule has 0 saturated carbocycles. The van der Waals surface area contributed by atoms with Gasteiger partial charge in [0, 0.05) is 24.9 Å². The van der Waals surface area contributed by atoms with Gasteiger partial charge in [0.05, 0.1) is 0 Å².